The third-order valence-corrected chi connectivity index (χ3v) is 4.18. The second-order valence-electron chi connectivity index (χ2n) is 5.54. The lowest BCUT2D eigenvalue weighted by Gasteiger charge is -2.28. The number of benzene rings is 2. The molecule has 0 aliphatic carbocycles. The van der Waals surface area contributed by atoms with Crippen LogP contribution in [-0.4, -0.2) is 12.8 Å². The van der Waals surface area contributed by atoms with E-state index < -0.39 is 0 Å². The normalized spacial score (nSPS) is 20.9. The molecule has 2 aliphatic rings. The molecule has 2 aliphatic heterocycles. The third-order valence-electron chi connectivity index (χ3n) is 4.18. The van der Waals surface area contributed by atoms with Gasteiger partial charge in [-0.2, -0.15) is 0 Å². The highest BCUT2D eigenvalue weighted by Crippen LogP contribution is 2.35. The summed E-state index contributed by atoms with van der Waals surface area (Å²) in [6.45, 7) is 1.70. The van der Waals surface area contributed by atoms with Gasteiger partial charge in [0.15, 0.2) is 6.23 Å². The van der Waals surface area contributed by atoms with Crippen LogP contribution < -0.4 is 9.96 Å². The molecule has 21 heavy (non-hydrogen) atoms. The van der Waals surface area contributed by atoms with Crippen molar-refractivity contribution in [2.24, 2.45) is 0 Å². The zero-order valence-electron chi connectivity index (χ0n) is 11.7. The van der Waals surface area contributed by atoms with E-state index in [1.165, 1.54) is 23.4 Å². The Morgan fingerprint density at radius 1 is 1.05 bits per heavy atom. The maximum Gasteiger partial charge on any atom is 0.157 e. The minimum absolute atomic E-state index is 0.0682. The average Bonchev–Trinajstić information content (AvgIpc) is 2.90. The molecule has 0 aromatic heterocycles. The molecule has 0 spiro atoms. The van der Waals surface area contributed by atoms with Gasteiger partial charge in [0.05, 0.1) is 12.2 Å². The predicted octanol–water partition coefficient (Wildman–Crippen LogP) is 3.70. The summed E-state index contributed by atoms with van der Waals surface area (Å²) in [5.41, 5.74) is 3.38. The van der Waals surface area contributed by atoms with Crippen LogP contribution in [0.15, 0.2) is 48.5 Å². The standard InChI is InChI=1S/C17H17FN2O/c18-14-7-9-15(10-8-14)20-12-13-4-1-2-5-16(13)19-11-3-6-17(19)21-20/h1-2,4-5,7-10,17H,3,6,11-12H2. The quantitative estimate of drug-likeness (QED) is 0.794. The minimum Gasteiger partial charge on any atom is -0.344 e. The first kappa shape index (κ1) is 12.7. The van der Waals surface area contributed by atoms with E-state index in [1.54, 1.807) is 12.1 Å². The van der Waals surface area contributed by atoms with Crippen LogP contribution in [0.1, 0.15) is 18.4 Å². The van der Waals surface area contributed by atoms with Crippen molar-refractivity contribution in [3.8, 4) is 0 Å². The van der Waals surface area contributed by atoms with Gasteiger partial charge in [-0.15, -0.1) is 0 Å². The van der Waals surface area contributed by atoms with E-state index >= 15 is 0 Å². The Bertz CT molecular complexity index is 643. The fourth-order valence-electron chi connectivity index (χ4n) is 3.14. The molecule has 2 heterocycles. The van der Waals surface area contributed by atoms with Gasteiger partial charge >= 0.3 is 0 Å². The number of rotatable bonds is 1. The van der Waals surface area contributed by atoms with Crippen LogP contribution in [0.3, 0.4) is 0 Å². The van der Waals surface area contributed by atoms with Crippen molar-refractivity contribution < 1.29 is 9.23 Å². The molecule has 1 atom stereocenters. The molecule has 4 rings (SSSR count). The highest BCUT2D eigenvalue weighted by molar-refractivity contribution is 5.58. The number of hydroxylamine groups is 1. The summed E-state index contributed by atoms with van der Waals surface area (Å²) < 4.78 is 13.1. The number of hydrogen-bond donors (Lipinski definition) is 0. The monoisotopic (exact) mass is 284 g/mol. The zero-order valence-corrected chi connectivity index (χ0v) is 11.7. The molecule has 0 saturated carbocycles. The van der Waals surface area contributed by atoms with E-state index in [4.69, 9.17) is 4.84 Å². The Kier molecular flexibility index (Phi) is 3.04. The average molecular weight is 284 g/mol. The van der Waals surface area contributed by atoms with Gasteiger partial charge in [0, 0.05) is 12.2 Å². The van der Waals surface area contributed by atoms with Crippen molar-refractivity contribution >= 4 is 11.4 Å². The van der Waals surface area contributed by atoms with Gasteiger partial charge in [0.25, 0.3) is 0 Å². The molecule has 2 aromatic carbocycles. The molecule has 2 aromatic rings. The lowest BCUT2D eigenvalue weighted by Crippen LogP contribution is -2.35. The van der Waals surface area contributed by atoms with Crippen molar-refractivity contribution in [2.75, 3.05) is 16.5 Å². The summed E-state index contributed by atoms with van der Waals surface area (Å²) in [6.07, 6.45) is 2.22. The topological polar surface area (TPSA) is 15.7 Å². The molecule has 0 bridgehead atoms. The second kappa shape index (κ2) is 5.04. The Morgan fingerprint density at radius 3 is 2.71 bits per heavy atom. The van der Waals surface area contributed by atoms with Crippen LogP contribution in [0, 0.1) is 5.82 Å². The highest BCUT2D eigenvalue weighted by atomic mass is 19.1. The minimum atomic E-state index is -0.225. The lowest BCUT2D eigenvalue weighted by molar-refractivity contribution is 0.0404. The van der Waals surface area contributed by atoms with Gasteiger partial charge < -0.3 is 4.90 Å². The van der Waals surface area contributed by atoms with E-state index in [-0.39, 0.29) is 12.0 Å². The molecule has 108 valence electrons. The van der Waals surface area contributed by atoms with E-state index in [0.29, 0.717) is 6.54 Å². The summed E-state index contributed by atoms with van der Waals surface area (Å²) in [4.78, 5) is 8.51. The summed E-state index contributed by atoms with van der Waals surface area (Å²) in [5.74, 6) is -0.225. The summed E-state index contributed by atoms with van der Waals surface area (Å²) >= 11 is 0. The van der Waals surface area contributed by atoms with Crippen molar-refractivity contribution in [3.63, 3.8) is 0 Å². The molecule has 0 N–H and O–H groups in total. The van der Waals surface area contributed by atoms with Crippen LogP contribution >= 0.6 is 0 Å². The van der Waals surface area contributed by atoms with Gasteiger partial charge in [-0.25, -0.2) is 14.3 Å². The fourth-order valence-corrected chi connectivity index (χ4v) is 3.14. The molecular weight excluding hydrogens is 267 g/mol. The highest BCUT2D eigenvalue weighted by Gasteiger charge is 2.32. The molecule has 1 fully saturated rings. The third kappa shape index (κ3) is 2.25. The molecule has 3 nitrogen and oxygen atoms in total. The van der Waals surface area contributed by atoms with Crippen LogP contribution in [0.5, 0.6) is 0 Å². The molecule has 1 unspecified atom stereocenters. The number of para-hydroxylation sites is 1. The van der Waals surface area contributed by atoms with Crippen LogP contribution in [0.4, 0.5) is 15.8 Å². The predicted molar refractivity (Wildman–Crippen MR) is 80.5 cm³/mol. The Hall–Kier alpha value is -2.07. The van der Waals surface area contributed by atoms with Gasteiger partial charge in [-0.05, 0) is 48.7 Å². The molecule has 0 radical (unpaired) electrons. The van der Waals surface area contributed by atoms with Gasteiger partial charge in [-0.1, -0.05) is 18.2 Å². The fraction of sp³-hybridized carbons (Fsp3) is 0.294. The Morgan fingerprint density at radius 2 is 1.86 bits per heavy atom. The largest absolute Gasteiger partial charge is 0.344 e. The lowest BCUT2D eigenvalue weighted by atomic mass is 10.1. The van der Waals surface area contributed by atoms with Crippen molar-refractivity contribution in [3.05, 3.63) is 59.9 Å². The van der Waals surface area contributed by atoms with E-state index in [1.807, 2.05) is 5.06 Å². The van der Waals surface area contributed by atoms with E-state index in [0.717, 1.165) is 25.1 Å². The summed E-state index contributed by atoms with van der Waals surface area (Å²) in [6, 6.07) is 14.9. The van der Waals surface area contributed by atoms with Crippen LogP contribution in [0.2, 0.25) is 0 Å². The summed E-state index contributed by atoms with van der Waals surface area (Å²) in [7, 11) is 0. The Labute approximate surface area is 123 Å². The molecule has 1 saturated heterocycles. The first-order chi connectivity index (χ1) is 10.3. The van der Waals surface area contributed by atoms with Crippen LogP contribution in [0.25, 0.3) is 0 Å². The van der Waals surface area contributed by atoms with Gasteiger partial charge in [-0.3, -0.25) is 0 Å². The number of halogens is 1. The van der Waals surface area contributed by atoms with Crippen molar-refractivity contribution in [1.82, 2.24) is 0 Å². The van der Waals surface area contributed by atoms with Crippen LogP contribution in [-0.2, 0) is 11.4 Å². The SMILES string of the molecule is Fc1ccc(N2Cc3ccccc3N3CCCC3O2)cc1. The van der Waals surface area contributed by atoms with E-state index in [9.17, 15) is 4.39 Å². The number of anilines is 2. The maximum absolute atomic E-state index is 13.1. The number of nitrogens with zero attached hydrogens (tertiary/aromatic N) is 2. The zero-order chi connectivity index (χ0) is 14.2. The second-order valence-corrected chi connectivity index (χ2v) is 5.54. The molecule has 0 amide bonds. The maximum atomic E-state index is 13.1. The Balaban J connectivity index is 1.73. The first-order valence-corrected chi connectivity index (χ1v) is 7.36. The smallest absolute Gasteiger partial charge is 0.157 e. The molecule has 4 heteroatoms. The van der Waals surface area contributed by atoms with Gasteiger partial charge in [0.1, 0.15) is 5.82 Å². The molecular formula is C17H17FN2O. The number of fused-ring (bicyclic) bond motifs is 3. The van der Waals surface area contributed by atoms with Gasteiger partial charge in [0.2, 0.25) is 0 Å². The van der Waals surface area contributed by atoms with Crippen molar-refractivity contribution in [2.45, 2.75) is 25.6 Å². The van der Waals surface area contributed by atoms with Crippen molar-refractivity contribution in [1.29, 1.82) is 0 Å². The van der Waals surface area contributed by atoms with E-state index in [2.05, 4.69) is 29.2 Å². The summed E-state index contributed by atoms with van der Waals surface area (Å²) in [5, 5.41) is 1.88. The number of hydrogen-bond acceptors (Lipinski definition) is 3. The first-order valence-electron chi connectivity index (χ1n) is 7.36.